The molecule has 0 unspecified atom stereocenters. The van der Waals surface area contributed by atoms with Crippen LogP contribution in [0.3, 0.4) is 0 Å². The van der Waals surface area contributed by atoms with E-state index in [4.69, 9.17) is 0 Å². The molecule has 1 aromatic heterocycles. The zero-order chi connectivity index (χ0) is 10.8. The van der Waals surface area contributed by atoms with Crippen LogP contribution in [0.5, 0.6) is 11.5 Å². The molecule has 3 heteroatoms. The van der Waals surface area contributed by atoms with Crippen LogP contribution in [-0.2, 0) is 0 Å². The Morgan fingerprint density at radius 1 is 1.00 bits per heavy atom. The van der Waals surface area contributed by atoms with Gasteiger partial charge in [-0.25, -0.2) is 0 Å². The van der Waals surface area contributed by atoms with Crippen molar-refractivity contribution < 1.29 is 14.8 Å². The number of benzene rings is 1. The monoisotopic (exact) mass is 202 g/mol. The van der Waals surface area contributed by atoms with E-state index in [2.05, 4.69) is 0 Å². The summed E-state index contributed by atoms with van der Waals surface area (Å²) in [7, 11) is 0. The van der Waals surface area contributed by atoms with E-state index in [9.17, 15) is 10.2 Å². The zero-order valence-corrected chi connectivity index (χ0v) is 8.38. The first-order chi connectivity index (χ1) is 7.20. The van der Waals surface area contributed by atoms with Crippen LogP contribution in [0.2, 0.25) is 0 Å². The highest BCUT2D eigenvalue weighted by Crippen LogP contribution is 2.25. The molecule has 15 heavy (non-hydrogen) atoms. The molecule has 2 aromatic rings. The van der Waals surface area contributed by atoms with E-state index in [0.717, 1.165) is 5.69 Å². The lowest BCUT2D eigenvalue weighted by Gasteiger charge is -2.02. The molecule has 0 aliphatic rings. The van der Waals surface area contributed by atoms with E-state index < -0.39 is 0 Å². The number of aromatic nitrogens is 1. The highest BCUT2D eigenvalue weighted by atomic mass is 16.3. The molecule has 0 fully saturated rings. The second-order valence-electron chi connectivity index (χ2n) is 3.34. The van der Waals surface area contributed by atoms with Crippen molar-refractivity contribution >= 4 is 0 Å². The Hall–Kier alpha value is -2.03. The first-order valence-electron chi connectivity index (χ1n) is 4.69. The van der Waals surface area contributed by atoms with Crippen LogP contribution < -0.4 is 4.57 Å². The Morgan fingerprint density at radius 2 is 1.67 bits per heavy atom. The molecule has 0 aliphatic heterocycles. The maximum Gasteiger partial charge on any atom is 0.230 e. The van der Waals surface area contributed by atoms with Gasteiger partial charge >= 0.3 is 0 Å². The van der Waals surface area contributed by atoms with Crippen LogP contribution in [-0.4, -0.2) is 10.2 Å². The lowest BCUT2D eigenvalue weighted by Crippen LogP contribution is -2.33. The van der Waals surface area contributed by atoms with Crippen LogP contribution in [0.1, 0.15) is 5.69 Å². The molecule has 76 valence electrons. The summed E-state index contributed by atoms with van der Waals surface area (Å²) in [4.78, 5) is 0. The van der Waals surface area contributed by atoms with Gasteiger partial charge in [-0.05, 0) is 0 Å². The van der Waals surface area contributed by atoms with E-state index in [-0.39, 0.29) is 11.5 Å². The van der Waals surface area contributed by atoms with Crippen molar-refractivity contribution in [2.75, 3.05) is 0 Å². The Balaban J connectivity index is 2.60. The molecular formula is C12H12NO2+. The Labute approximate surface area is 87.9 Å². The minimum absolute atomic E-state index is 0.0821. The fourth-order valence-corrected chi connectivity index (χ4v) is 1.50. The van der Waals surface area contributed by atoms with Crippen molar-refractivity contribution in [1.82, 2.24) is 0 Å². The van der Waals surface area contributed by atoms with E-state index in [1.807, 2.05) is 34.9 Å². The molecule has 2 rings (SSSR count). The van der Waals surface area contributed by atoms with E-state index >= 15 is 0 Å². The maximum atomic E-state index is 9.58. The van der Waals surface area contributed by atoms with Gasteiger partial charge in [-0.15, -0.1) is 0 Å². The zero-order valence-electron chi connectivity index (χ0n) is 8.38. The molecule has 1 heterocycles. The van der Waals surface area contributed by atoms with Crippen molar-refractivity contribution in [2.24, 2.45) is 0 Å². The number of para-hydroxylation sites is 1. The molecular weight excluding hydrogens is 190 g/mol. The maximum absolute atomic E-state index is 9.58. The third-order valence-electron chi connectivity index (χ3n) is 2.36. The van der Waals surface area contributed by atoms with Crippen molar-refractivity contribution in [3.63, 3.8) is 0 Å². The van der Waals surface area contributed by atoms with Gasteiger partial charge in [-0.2, -0.15) is 4.57 Å². The molecule has 0 saturated heterocycles. The average molecular weight is 202 g/mol. The van der Waals surface area contributed by atoms with Crippen molar-refractivity contribution in [3.8, 4) is 17.2 Å². The predicted molar refractivity (Wildman–Crippen MR) is 56.0 cm³/mol. The fraction of sp³-hybridized carbons (Fsp3) is 0.0833. The lowest BCUT2D eigenvalue weighted by molar-refractivity contribution is -0.603. The Morgan fingerprint density at radius 3 is 2.33 bits per heavy atom. The summed E-state index contributed by atoms with van der Waals surface area (Å²) in [6.07, 6.45) is 1.72. The van der Waals surface area contributed by atoms with Crippen LogP contribution in [0.4, 0.5) is 0 Å². The number of nitrogens with zero attached hydrogens (tertiary/aromatic N) is 1. The van der Waals surface area contributed by atoms with Crippen molar-refractivity contribution in [3.05, 3.63) is 48.3 Å². The Kier molecular flexibility index (Phi) is 2.29. The molecule has 3 nitrogen and oxygen atoms in total. The van der Waals surface area contributed by atoms with Gasteiger partial charge in [0.05, 0.1) is 0 Å². The number of hydrogen-bond acceptors (Lipinski definition) is 2. The topological polar surface area (TPSA) is 44.3 Å². The standard InChI is InChI=1S/C12H11NO2/c1-9-12(15)11(14)7-8-13(9)10-5-3-2-4-6-10/h2-8,15H,1H3/p+1. The summed E-state index contributed by atoms with van der Waals surface area (Å²) in [5.74, 6) is -0.180. The van der Waals surface area contributed by atoms with Gasteiger partial charge in [0, 0.05) is 25.1 Å². The highest BCUT2D eigenvalue weighted by molar-refractivity contribution is 5.38. The van der Waals surface area contributed by atoms with Crippen LogP contribution in [0, 0.1) is 6.92 Å². The molecule has 0 amide bonds. The molecule has 2 N–H and O–H groups in total. The number of aromatic hydroxyl groups is 2. The molecule has 1 aromatic carbocycles. The minimum atomic E-state index is -0.0975. The van der Waals surface area contributed by atoms with Gasteiger partial charge in [-0.3, -0.25) is 0 Å². The smallest absolute Gasteiger partial charge is 0.230 e. The summed E-state index contributed by atoms with van der Waals surface area (Å²) < 4.78 is 1.81. The summed E-state index contributed by atoms with van der Waals surface area (Å²) in [5.41, 5.74) is 1.56. The third kappa shape index (κ3) is 1.64. The first-order valence-corrected chi connectivity index (χ1v) is 4.69. The SMILES string of the molecule is Cc1c(O)c(O)cc[n+]1-c1ccccc1. The summed E-state index contributed by atoms with van der Waals surface area (Å²) >= 11 is 0. The first kappa shape index (κ1) is 9.52. The normalized spacial score (nSPS) is 10.2. The number of hydrogen-bond donors (Lipinski definition) is 2. The van der Waals surface area contributed by atoms with Gasteiger partial charge in [0.2, 0.25) is 17.1 Å². The predicted octanol–water partition coefficient (Wildman–Crippen LogP) is 1.68. The van der Waals surface area contributed by atoms with Crippen LogP contribution in [0.25, 0.3) is 5.69 Å². The molecule has 0 atom stereocenters. The van der Waals surface area contributed by atoms with Gasteiger partial charge in [0.1, 0.15) is 0 Å². The fourth-order valence-electron chi connectivity index (χ4n) is 1.50. The van der Waals surface area contributed by atoms with Crippen LogP contribution in [0.15, 0.2) is 42.6 Å². The molecule has 0 aliphatic carbocycles. The number of pyridine rings is 1. The quantitative estimate of drug-likeness (QED) is 0.691. The second kappa shape index (κ2) is 3.61. The summed E-state index contributed by atoms with van der Waals surface area (Å²) in [6.45, 7) is 1.75. The molecule has 0 bridgehead atoms. The lowest BCUT2D eigenvalue weighted by atomic mass is 10.2. The highest BCUT2D eigenvalue weighted by Gasteiger charge is 2.16. The molecule has 0 saturated carbocycles. The van der Waals surface area contributed by atoms with Crippen molar-refractivity contribution in [2.45, 2.75) is 6.92 Å². The van der Waals surface area contributed by atoms with E-state index in [0.29, 0.717) is 5.69 Å². The second-order valence-corrected chi connectivity index (χ2v) is 3.34. The third-order valence-corrected chi connectivity index (χ3v) is 2.36. The largest absolute Gasteiger partial charge is 0.504 e. The minimum Gasteiger partial charge on any atom is -0.504 e. The van der Waals surface area contributed by atoms with Gasteiger partial charge in [-0.1, -0.05) is 18.2 Å². The average Bonchev–Trinajstić information content (AvgIpc) is 2.27. The van der Waals surface area contributed by atoms with Gasteiger partial charge in [0.25, 0.3) is 0 Å². The van der Waals surface area contributed by atoms with Crippen molar-refractivity contribution in [1.29, 1.82) is 0 Å². The summed E-state index contributed by atoms with van der Waals surface area (Å²) in [5, 5.41) is 18.9. The van der Waals surface area contributed by atoms with Gasteiger partial charge in [0.15, 0.2) is 11.9 Å². The number of rotatable bonds is 1. The molecule has 0 radical (unpaired) electrons. The molecule has 0 spiro atoms. The van der Waals surface area contributed by atoms with E-state index in [1.54, 1.807) is 13.1 Å². The van der Waals surface area contributed by atoms with Gasteiger partial charge < -0.3 is 10.2 Å². The van der Waals surface area contributed by atoms with Crippen LogP contribution >= 0.6 is 0 Å². The summed E-state index contributed by atoms with van der Waals surface area (Å²) in [6, 6.07) is 11.1. The van der Waals surface area contributed by atoms with E-state index in [1.165, 1.54) is 6.07 Å². The Bertz CT molecular complexity index is 480.